The van der Waals surface area contributed by atoms with Crippen LogP contribution in [0.25, 0.3) is 0 Å². The Kier molecular flexibility index (Phi) is 3.15. The Hall–Kier alpha value is -0.450. The zero-order chi connectivity index (χ0) is 9.97. The third-order valence-corrected chi connectivity index (χ3v) is 3.14. The first-order chi connectivity index (χ1) is 6.75. The molecule has 0 bridgehead atoms. The third-order valence-electron chi connectivity index (χ3n) is 2.42. The van der Waals surface area contributed by atoms with Crippen LogP contribution in [0.15, 0.2) is 22.8 Å². The summed E-state index contributed by atoms with van der Waals surface area (Å²) in [5.41, 5.74) is 6.61. The predicted molar refractivity (Wildman–Crippen MR) is 57.7 cm³/mol. The van der Waals surface area contributed by atoms with E-state index in [9.17, 15) is 0 Å². The van der Waals surface area contributed by atoms with E-state index in [1.54, 1.807) is 6.20 Å². The minimum absolute atomic E-state index is 0.332. The molecular formula is C10H13BrN2O. The molecule has 0 unspecified atom stereocenters. The summed E-state index contributed by atoms with van der Waals surface area (Å²) >= 11 is 3.43. The van der Waals surface area contributed by atoms with Crippen molar-refractivity contribution in [2.45, 2.75) is 31.6 Å². The summed E-state index contributed by atoms with van der Waals surface area (Å²) in [7, 11) is 0. The van der Waals surface area contributed by atoms with Gasteiger partial charge in [0.2, 0.25) is 0 Å². The molecular weight excluding hydrogens is 244 g/mol. The maximum Gasteiger partial charge on any atom is 0.0903 e. The van der Waals surface area contributed by atoms with Crippen LogP contribution in [-0.2, 0) is 11.3 Å². The number of hydrogen-bond donors (Lipinski definition) is 1. The minimum atomic E-state index is 0.332. The fourth-order valence-corrected chi connectivity index (χ4v) is 1.83. The first-order valence-electron chi connectivity index (χ1n) is 4.72. The molecule has 0 aliphatic heterocycles. The van der Waals surface area contributed by atoms with Crippen molar-refractivity contribution < 1.29 is 4.74 Å². The van der Waals surface area contributed by atoms with Crippen molar-refractivity contribution in [3.05, 3.63) is 28.5 Å². The topological polar surface area (TPSA) is 48.1 Å². The lowest BCUT2D eigenvalue weighted by molar-refractivity contribution is -0.0204. The van der Waals surface area contributed by atoms with E-state index in [0.717, 1.165) is 23.0 Å². The van der Waals surface area contributed by atoms with E-state index in [-0.39, 0.29) is 0 Å². The molecule has 0 aromatic carbocycles. The highest BCUT2D eigenvalue weighted by Crippen LogP contribution is 2.23. The van der Waals surface area contributed by atoms with Crippen molar-refractivity contribution in [3.8, 4) is 0 Å². The smallest absolute Gasteiger partial charge is 0.0903 e. The Morgan fingerprint density at radius 3 is 3.00 bits per heavy atom. The highest BCUT2D eigenvalue weighted by atomic mass is 79.9. The van der Waals surface area contributed by atoms with Gasteiger partial charge in [0.25, 0.3) is 0 Å². The number of pyridine rings is 1. The second-order valence-electron chi connectivity index (χ2n) is 3.60. The van der Waals surface area contributed by atoms with Crippen molar-refractivity contribution in [2.75, 3.05) is 0 Å². The normalized spacial score (nSPS) is 25.9. The molecule has 76 valence electrons. The van der Waals surface area contributed by atoms with Gasteiger partial charge in [-0.3, -0.25) is 4.98 Å². The van der Waals surface area contributed by atoms with Gasteiger partial charge in [-0.25, -0.2) is 0 Å². The molecule has 0 amide bonds. The van der Waals surface area contributed by atoms with Gasteiger partial charge in [-0.1, -0.05) is 0 Å². The van der Waals surface area contributed by atoms with Gasteiger partial charge >= 0.3 is 0 Å². The number of ether oxygens (including phenoxy) is 1. The van der Waals surface area contributed by atoms with E-state index in [0.29, 0.717) is 18.8 Å². The summed E-state index contributed by atoms with van der Waals surface area (Å²) in [5.74, 6) is 0. The Balaban J connectivity index is 1.83. The van der Waals surface area contributed by atoms with Gasteiger partial charge in [-0.05, 0) is 40.9 Å². The molecule has 14 heavy (non-hydrogen) atoms. The molecule has 1 saturated carbocycles. The highest BCUT2D eigenvalue weighted by Gasteiger charge is 2.26. The maximum atomic E-state index is 5.66. The zero-order valence-corrected chi connectivity index (χ0v) is 9.40. The van der Waals surface area contributed by atoms with E-state index in [4.69, 9.17) is 10.5 Å². The number of nitrogens with zero attached hydrogens (tertiary/aromatic N) is 1. The zero-order valence-electron chi connectivity index (χ0n) is 7.82. The molecule has 4 heteroatoms. The van der Waals surface area contributed by atoms with Crippen LogP contribution in [0, 0.1) is 0 Å². The molecule has 1 aliphatic carbocycles. The molecule has 0 spiro atoms. The first-order valence-corrected chi connectivity index (χ1v) is 5.51. The van der Waals surface area contributed by atoms with Crippen LogP contribution >= 0.6 is 15.9 Å². The Labute approximate surface area is 91.8 Å². The van der Waals surface area contributed by atoms with Gasteiger partial charge in [-0.15, -0.1) is 0 Å². The van der Waals surface area contributed by atoms with E-state index in [1.165, 1.54) is 0 Å². The van der Waals surface area contributed by atoms with E-state index >= 15 is 0 Å². The number of halogens is 1. The van der Waals surface area contributed by atoms with Crippen LogP contribution in [-0.4, -0.2) is 17.1 Å². The third kappa shape index (κ3) is 2.32. The molecule has 1 aliphatic rings. The van der Waals surface area contributed by atoms with Crippen molar-refractivity contribution >= 4 is 15.9 Å². The lowest BCUT2D eigenvalue weighted by Gasteiger charge is -2.32. The van der Waals surface area contributed by atoms with E-state index in [2.05, 4.69) is 20.9 Å². The standard InChI is InChI=1S/C10H13BrN2O/c11-9-2-1-3-13-10(9)6-14-8-4-7(12)5-8/h1-3,7-8H,4-6,12H2. The van der Waals surface area contributed by atoms with Crippen molar-refractivity contribution in [1.82, 2.24) is 4.98 Å². The monoisotopic (exact) mass is 256 g/mol. The Morgan fingerprint density at radius 2 is 2.36 bits per heavy atom. The summed E-state index contributed by atoms with van der Waals surface area (Å²) in [6.07, 6.45) is 4.06. The number of nitrogens with two attached hydrogens (primary N) is 1. The summed E-state index contributed by atoms with van der Waals surface area (Å²) in [4.78, 5) is 4.22. The number of rotatable bonds is 3. The van der Waals surface area contributed by atoms with Gasteiger partial charge in [0.1, 0.15) is 0 Å². The van der Waals surface area contributed by atoms with Gasteiger partial charge in [0, 0.05) is 16.7 Å². The van der Waals surface area contributed by atoms with Crippen LogP contribution in [0.1, 0.15) is 18.5 Å². The quantitative estimate of drug-likeness (QED) is 0.898. The van der Waals surface area contributed by atoms with Gasteiger partial charge in [0.15, 0.2) is 0 Å². The SMILES string of the molecule is NC1CC(OCc2ncccc2Br)C1. The summed E-state index contributed by atoms with van der Waals surface area (Å²) in [5, 5.41) is 0. The highest BCUT2D eigenvalue weighted by molar-refractivity contribution is 9.10. The van der Waals surface area contributed by atoms with E-state index in [1.807, 2.05) is 12.1 Å². The molecule has 0 saturated heterocycles. The number of hydrogen-bond acceptors (Lipinski definition) is 3. The van der Waals surface area contributed by atoms with Gasteiger partial charge in [-0.2, -0.15) is 0 Å². The van der Waals surface area contributed by atoms with Crippen molar-refractivity contribution in [3.63, 3.8) is 0 Å². The largest absolute Gasteiger partial charge is 0.372 e. The summed E-state index contributed by atoms with van der Waals surface area (Å²) < 4.78 is 6.65. The maximum absolute atomic E-state index is 5.66. The van der Waals surface area contributed by atoms with Gasteiger partial charge in [0.05, 0.1) is 18.4 Å². The molecule has 1 aromatic heterocycles. The van der Waals surface area contributed by atoms with Gasteiger partial charge < -0.3 is 10.5 Å². The van der Waals surface area contributed by atoms with Crippen molar-refractivity contribution in [2.24, 2.45) is 5.73 Å². The molecule has 1 aromatic rings. The molecule has 3 nitrogen and oxygen atoms in total. The summed E-state index contributed by atoms with van der Waals surface area (Å²) in [6, 6.07) is 4.21. The minimum Gasteiger partial charge on any atom is -0.372 e. The molecule has 2 N–H and O–H groups in total. The molecule has 1 fully saturated rings. The van der Waals surface area contributed by atoms with Crippen molar-refractivity contribution in [1.29, 1.82) is 0 Å². The van der Waals surface area contributed by atoms with Crippen LogP contribution in [0.2, 0.25) is 0 Å². The molecule has 0 radical (unpaired) electrons. The average molecular weight is 257 g/mol. The van der Waals surface area contributed by atoms with E-state index < -0.39 is 0 Å². The predicted octanol–water partition coefficient (Wildman–Crippen LogP) is 1.85. The second kappa shape index (κ2) is 4.38. The van der Waals surface area contributed by atoms with Crippen LogP contribution in [0.5, 0.6) is 0 Å². The molecule has 2 rings (SSSR count). The lowest BCUT2D eigenvalue weighted by atomic mass is 9.90. The molecule has 0 atom stereocenters. The lowest BCUT2D eigenvalue weighted by Crippen LogP contribution is -2.41. The Bertz CT molecular complexity index is 313. The first kappa shape index (κ1) is 10.1. The average Bonchev–Trinajstić information content (AvgIpc) is 2.13. The second-order valence-corrected chi connectivity index (χ2v) is 4.45. The fourth-order valence-electron chi connectivity index (χ4n) is 1.46. The Morgan fingerprint density at radius 1 is 1.57 bits per heavy atom. The van der Waals surface area contributed by atoms with Crippen LogP contribution in [0.4, 0.5) is 0 Å². The van der Waals surface area contributed by atoms with Crippen LogP contribution in [0.3, 0.4) is 0 Å². The van der Waals surface area contributed by atoms with Crippen LogP contribution < -0.4 is 5.73 Å². The number of aromatic nitrogens is 1. The fraction of sp³-hybridized carbons (Fsp3) is 0.500. The summed E-state index contributed by atoms with van der Waals surface area (Å²) in [6.45, 7) is 0.568. The molecule has 1 heterocycles.